The molecule has 2 fully saturated rings. The van der Waals surface area contributed by atoms with Crippen LogP contribution < -0.4 is 0 Å². The molecule has 110 valence electrons. The highest BCUT2D eigenvalue weighted by molar-refractivity contribution is 5.16. The second-order valence-corrected chi connectivity index (χ2v) is 7.56. The monoisotopic (exact) mass is 270 g/mol. The lowest BCUT2D eigenvalue weighted by Gasteiger charge is -2.35. The Morgan fingerprint density at radius 1 is 0.900 bits per heavy atom. The van der Waals surface area contributed by atoms with Gasteiger partial charge in [-0.15, -0.1) is 0 Å². The predicted molar refractivity (Wildman–Crippen MR) is 86.6 cm³/mol. The summed E-state index contributed by atoms with van der Waals surface area (Å²) in [5.74, 6) is 4.83. The number of hydrogen-bond donors (Lipinski definition) is 0. The van der Waals surface area contributed by atoms with E-state index < -0.39 is 0 Å². The molecule has 0 heterocycles. The molecule has 0 aliphatic heterocycles. The zero-order valence-corrected chi connectivity index (χ0v) is 13.2. The molecule has 0 bridgehead atoms. The van der Waals surface area contributed by atoms with Gasteiger partial charge in [-0.1, -0.05) is 69.9 Å². The molecule has 0 N–H and O–H groups in total. The van der Waals surface area contributed by atoms with Gasteiger partial charge in [0.05, 0.1) is 0 Å². The fourth-order valence-corrected chi connectivity index (χ4v) is 4.61. The van der Waals surface area contributed by atoms with Crippen LogP contribution in [0.2, 0.25) is 0 Å². The van der Waals surface area contributed by atoms with Gasteiger partial charge in [0, 0.05) is 0 Å². The molecular formula is C20H30. The van der Waals surface area contributed by atoms with Crippen molar-refractivity contribution in [2.75, 3.05) is 0 Å². The van der Waals surface area contributed by atoms with Crippen molar-refractivity contribution in [2.24, 2.45) is 29.6 Å². The Morgan fingerprint density at radius 3 is 2.05 bits per heavy atom. The molecule has 0 heteroatoms. The van der Waals surface area contributed by atoms with Gasteiger partial charge in [-0.05, 0) is 54.4 Å². The van der Waals surface area contributed by atoms with Gasteiger partial charge in [0.25, 0.3) is 0 Å². The summed E-state index contributed by atoms with van der Waals surface area (Å²) >= 11 is 0. The smallest absolute Gasteiger partial charge is 0.0245 e. The molecule has 2 aliphatic carbocycles. The molecule has 1 aromatic rings. The highest BCUT2D eigenvalue weighted by atomic mass is 14.5. The van der Waals surface area contributed by atoms with E-state index in [4.69, 9.17) is 0 Å². The highest BCUT2D eigenvalue weighted by Crippen LogP contribution is 2.51. The van der Waals surface area contributed by atoms with E-state index >= 15 is 0 Å². The van der Waals surface area contributed by atoms with E-state index in [9.17, 15) is 0 Å². The standard InChI is InChI=1S/C20H30/c1-15(2)19(14-16-8-4-3-5-9-16)20(18-12-13-18)17-10-6-7-11-17/h3-5,8-9,15,17-20H,6-7,10-14H2,1-2H3. The fraction of sp³-hybridized carbons (Fsp3) is 0.700. The number of rotatable bonds is 6. The summed E-state index contributed by atoms with van der Waals surface area (Å²) in [6.45, 7) is 4.91. The Morgan fingerprint density at radius 2 is 1.50 bits per heavy atom. The molecule has 2 aliphatic rings. The summed E-state index contributed by atoms with van der Waals surface area (Å²) in [6.07, 6.45) is 10.3. The minimum absolute atomic E-state index is 0.821. The lowest BCUT2D eigenvalue weighted by atomic mass is 9.70. The van der Waals surface area contributed by atoms with Crippen molar-refractivity contribution >= 4 is 0 Å². The van der Waals surface area contributed by atoms with Crippen LogP contribution in [-0.4, -0.2) is 0 Å². The van der Waals surface area contributed by atoms with Gasteiger partial charge >= 0.3 is 0 Å². The first kappa shape index (κ1) is 14.2. The van der Waals surface area contributed by atoms with E-state index in [1.54, 1.807) is 5.56 Å². The third-order valence-corrected chi connectivity index (χ3v) is 5.78. The topological polar surface area (TPSA) is 0 Å². The second kappa shape index (κ2) is 6.33. The van der Waals surface area contributed by atoms with Gasteiger partial charge < -0.3 is 0 Å². The van der Waals surface area contributed by atoms with E-state index in [-0.39, 0.29) is 0 Å². The maximum atomic E-state index is 2.46. The summed E-state index contributed by atoms with van der Waals surface area (Å²) in [4.78, 5) is 0. The SMILES string of the molecule is CC(C)C(Cc1ccccc1)C(C1CCCC1)C1CC1. The third kappa shape index (κ3) is 3.27. The Balaban J connectivity index is 1.76. The maximum absolute atomic E-state index is 2.46. The molecular weight excluding hydrogens is 240 g/mol. The van der Waals surface area contributed by atoms with Crippen molar-refractivity contribution < 1.29 is 0 Å². The average molecular weight is 270 g/mol. The molecule has 0 aromatic heterocycles. The average Bonchev–Trinajstić information content (AvgIpc) is 3.14. The molecule has 2 atom stereocenters. The molecule has 0 spiro atoms. The molecule has 0 radical (unpaired) electrons. The van der Waals surface area contributed by atoms with Crippen molar-refractivity contribution in [3.05, 3.63) is 35.9 Å². The van der Waals surface area contributed by atoms with Gasteiger partial charge in [-0.3, -0.25) is 0 Å². The first-order valence-electron chi connectivity index (χ1n) is 8.79. The summed E-state index contributed by atoms with van der Waals surface area (Å²) in [5.41, 5.74) is 1.55. The van der Waals surface area contributed by atoms with Crippen LogP contribution in [-0.2, 0) is 6.42 Å². The quantitative estimate of drug-likeness (QED) is 0.620. The fourth-order valence-electron chi connectivity index (χ4n) is 4.61. The van der Waals surface area contributed by atoms with Crippen molar-refractivity contribution in [3.63, 3.8) is 0 Å². The van der Waals surface area contributed by atoms with E-state index in [2.05, 4.69) is 44.2 Å². The van der Waals surface area contributed by atoms with Crippen molar-refractivity contribution in [1.29, 1.82) is 0 Å². The van der Waals surface area contributed by atoms with Gasteiger partial charge in [-0.2, -0.15) is 0 Å². The molecule has 3 rings (SSSR count). The summed E-state index contributed by atoms with van der Waals surface area (Å²) in [7, 11) is 0. The maximum Gasteiger partial charge on any atom is -0.0245 e. The highest BCUT2D eigenvalue weighted by Gasteiger charge is 2.42. The van der Waals surface area contributed by atoms with Crippen LogP contribution in [0.5, 0.6) is 0 Å². The van der Waals surface area contributed by atoms with Crippen LogP contribution in [0, 0.1) is 29.6 Å². The lowest BCUT2D eigenvalue weighted by Crippen LogP contribution is -2.29. The summed E-state index contributed by atoms with van der Waals surface area (Å²) in [6, 6.07) is 11.2. The van der Waals surface area contributed by atoms with Crippen LogP contribution in [0.4, 0.5) is 0 Å². The third-order valence-electron chi connectivity index (χ3n) is 5.78. The molecule has 0 amide bonds. The molecule has 0 saturated heterocycles. The van der Waals surface area contributed by atoms with Gasteiger partial charge in [0.15, 0.2) is 0 Å². The molecule has 2 unspecified atom stereocenters. The van der Waals surface area contributed by atoms with Crippen LogP contribution in [0.15, 0.2) is 30.3 Å². The van der Waals surface area contributed by atoms with Gasteiger partial charge in [0.2, 0.25) is 0 Å². The summed E-state index contributed by atoms with van der Waals surface area (Å²) < 4.78 is 0. The summed E-state index contributed by atoms with van der Waals surface area (Å²) in [5, 5.41) is 0. The Labute approximate surface area is 125 Å². The zero-order valence-electron chi connectivity index (χ0n) is 13.2. The van der Waals surface area contributed by atoms with Crippen LogP contribution >= 0.6 is 0 Å². The minimum Gasteiger partial charge on any atom is -0.0625 e. The van der Waals surface area contributed by atoms with Crippen LogP contribution in [0.3, 0.4) is 0 Å². The molecule has 2 saturated carbocycles. The van der Waals surface area contributed by atoms with E-state index in [1.807, 2.05) is 0 Å². The van der Waals surface area contributed by atoms with Crippen molar-refractivity contribution in [2.45, 2.75) is 58.8 Å². The Bertz CT molecular complexity index is 395. The largest absolute Gasteiger partial charge is 0.0625 e. The predicted octanol–water partition coefficient (Wildman–Crippen LogP) is 5.72. The van der Waals surface area contributed by atoms with Crippen LogP contribution in [0.1, 0.15) is 57.9 Å². The van der Waals surface area contributed by atoms with E-state index in [1.165, 1.54) is 44.9 Å². The zero-order chi connectivity index (χ0) is 13.9. The molecule has 0 nitrogen and oxygen atoms in total. The first-order chi connectivity index (χ1) is 9.75. The van der Waals surface area contributed by atoms with E-state index in [0.717, 1.165) is 29.6 Å². The normalized spacial score (nSPS) is 23.1. The van der Waals surface area contributed by atoms with Crippen molar-refractivity contribution in [1.82, 2.24) is 0 Å². The molecule has 20 heavy (non-hydrogen) atoms. The first-order valence-corrected chi connectivity index (χ1v) is 8.79. The Kier molecular flexibility index (Phi) is 4.48. The van der Waals surface area contributed by atoms with E-state index in [0.29, 0.717) is 0 Å². The van der Waals surface area contributed by atoms with Crippen molar-refractivity contribution in [3.8, 4) is 0 Å². The Hall–Kier alpha value is -0.780. The lowest BCUT2D eigenvalue weighted by molar-refractivity contribution is 0.152. The minimum atomic E-state index is 0.821. The number of benzene rings is 1. The van der Waals surface area contributed by atoms with Crippen LogP contribution in [0.25, 0.3) is 0 Å². The second-order valence-electron chi connectivity index (χ2n) is 7.56. The molecule has 1 aromatic carbocycles. The van der Waals surface area contributed by atoms with Gasteiger partial charge in [-0.25, -0.2) is 0 Å². The number of hydrogen-bond acceptors (Lipinski definition) is 0. The van der Waals surface area contributed by atoms with Gasteiger partial charge in [0.1, 0.15) is 0 Å².